The maximum atomic E-state index is 12.0. The van der Waals surface area contributed by atoms with Crippen LogP contribution in [0.15, 0.2) is 73.1 Å². The number of amides is 1. The van der Waals surface area contributed by atoms with Crippen molar-refractivity contribution in [3.63, 3.8) is 0 Å². The molecule has 1 aromatic heterocycles. The fourth-order valence-corrected chi connectivity index (χ4v) is 2.58. The summed E-state index contributed by atoms with van der Waals surface area (Å²) >= 11 is 0. The summed E-state index contributed by atoms with van der Waals surface area (Å²) in [6.45, 7) is 0. The van der Waals surface area contributed by atoms with Gasteiger partial charge in [0.15, 0.2) is 0 Å². The standard InChI is InChI=1S/C21H17N3O3/c25-19(24-21-22-11-4-12-23-21)10-8-16-7-9-18(20(26)27)17(14-16)13-15-5-2-1-3-6-15/h1-12,14H,13H2,(H,26,27)(H,22,23,24,25). The zero-order valence-electron chi connectivity index (χ0n) is 14.4. The maximum Gasteiger partial charge on any atom is 0.335 e. The molecule has 2 N–H and O–H groups in total. The van der Waals surface area contributed by atoms with Crippen LogP contribution in [-0.4, -0.2) is 27.0 Å². The van der Waals surface area contributed by atoms with Crippen LogP contribution in [0.3, 0.4) is 0 Å². The lowest BCUT2D eigenvalue weighted by atomic mass is 9.97. The molecule has 27 heavy (non-hydrogen) atoms. The summed E-state index contributed by atoms with van der Waals surface area (Å²) < 4.78 is 0. The third-order valence-electron chi connectivity index (χ3n) is 3.83. The molecule has 2 aromatic carbocycles. The SMILES string of the molecule is O=C(C=Cc1ccc(C(=O)O)c(Cc2ccccc2)c1)Nc1ncccn1. The number of anilines is 1. The number of rotatable bonds is 6. The first-order valence-electron chi connectivity index (χ1n) is 8.28. The highest BCUT2D eigenvalue weighted by Gasteiger charge is 2.11. The van der Waals surface area contributed by atoms with Crippen molar-refractivity contribution in [2.24, 2.45) is 0 Å². The topological polar surface area (TPSA) is 92.2 Å². The predicted molar refractivity (Wildman–Crippen MR) is 102 cm³/mol. The van der Waals surface area contributed by atoms with E-state index in [2.05, 4.69) is 15.3 Å². The van der Waals surface area contributed by atoms with Gasteiger partial charge in [0.25, 0.3) is 5.91 Å². The number of aromatic nitrogens is 2. The number of aromatic carboxylic acids is 1. The Hall–Kier alpha value is -3.80. The Balaban J connectivity index is 1.78. The number of carboxylic acids is 1. The fraction of sp³-hybridized carbons (Fsp3) is 0.0476. The summed E-state index contributed by atoms with van der Waals surface area (Å²) in [6.07, 6.45) is 6.55. The molecule has 0 saturated carbocycles. The summed E-state index contributed by atoms with van der Waals surface area (Å²) in [7, 11) is 0. The number of hydrogen-bond donors (Lipinski definition) is 2. The van der Waals surface area contributed by atoms with Crippen molar-refractivity contribution in [2.75, 3.05) is 5.32 Å². The van der Waals surface area contributed by atoms with Crippen molar-refractivity contribution in [1.82, 2.24) is 9.97 Å². The second-order valence-electron chi connectivity index (χ2n) is 5.78. The predicted octanol–water partition coefficient (Wildman–Crippen LogP) is 3.42. The van der Waals surface area contributed by atoms with Gasteiger partial charge in [-0.15, -0.1) is 0 Å². The summed E-state index contributed by atoms with van der Waals surface area (Å²) in [5.41, 5.74) is 2.68. The van der Waals surface area contributed by atoms with E-state index in [4.69, 9.17) is 0 Å². The Morgan fingerprint density at radius 3 is 2.44 bits per heavy atom. The minimum atomic E-state index is -0.976. The van der Waals surface area contributed by atoms with Crippen molar-refractivity contribution in [1.29, 1.82) is 0 Å². The summed E-state index contributed by atoms with van der Waals surface area (Å²) in [5, 5.41) is 12.0. The Labute approximate surface area is 156 Å². The Kier molecular flexibility index (Phi) is 5.69. The van der Waals surface area contributed by atoms with Crippen molar-refractivity contribution in [3.05, 3.63) is 95.3 Å². The van der Waals surface area contributed by atoms with Gasteiger partial charge in [0.05, 0.1) is 5.56 Å². The minimum Gasteiger partial charge on any atom is -0.478 e. The van der Waals surface area contributed by atoms with E-state index in [0.29, 0.717) is 12.0 Å². The molecule has 6 nitrogen and oxygen atoms in total. The molecule has 3 aromatic rings. The molecule has 3 rings (SSSR count). The molecular weight excluding hydrogens is 342 g/mol. The zero-order valence-corrected chi connectivity index (χ0v) is 14.4. The van der Waals surface area contributed by atoms with E-state index < -0.39 is 5.97 Å². The second kappa shape index (κ2) is 8.53. The van der Waals surface area contributed by atoms with Gasteiger partial charge >= 0.3 is 5.97 Å². The minimum absolute atomic E-state index is 0.221. The lowest BCUT2D eigenvalue weighted by Gasteiger charge is -2.08. The molecule has 0 spiro atoms. The van der Waals surface area contributed by atoms with Crippen LogP contribution in [0.1, 0.15) is 27.0 Å². The van der Waals surface area contributed by atoms with Gasteiger partial charge in [0.1, 0.15) is 0 Å². The van der Waals surface area contributed by atoms with E-state index in [1.807, 2.05) is 30.3 Å². The monoisotopic (exact) mass is 359 g/mol. The Morgan fingerprint density at radius 1 is 1.00 bits per heavy atom. The second-order valence-corrected chi connectivity index (χ2v) is 5.78. The highest BCUT2D eigenvalue weighted by atomic mass is 16.4. The van der Waals surface area contributed by atoms with Crippen molar-refractivity contribution in [2.45, 2.75) is 6.42 Å². The molecule has 6 heteroatoms. The van der Waals surface area contributed by atoms with Gasteiger partial charge < -0.3 is 5.11 Å². The van der Waals surface area contributed by atoms with E-state index >= 15 is 0 Å². The van der Waals surface area contributed by atoms with Crippen LogP contribution in [0.2, 0.25) is 0 Å². The average molecular weight is 359 g/mol. The van der Waals surface area contributed by atoms with Crippen molar-refractivity contribution in [3.8, 4) is 0 Å². The number of nitrogens with zero attached hydrogens (tertiary/aromatic N) is 2. The molecule has 0 saturated heterocycles. The number of carbonyl (C=O) groups excluding carboxylic acids is 1. The third-order valence-corrected chi connectivity index (χ3v) is 3.83. The molecule has 0 fully saturated rings. The molecule has 0 atom stereocenters. The highest BCUT2D eigenvalue weighted by Crippen LogP contribution is 2.18. The van der Waals surface area contributed by atoms with Crippen molar-refractivity contribution >= 4 is 23.9 Å². The first kappa shape index (κ1) is 18.0. The van der Waals surface area contributed by atoms with Gasteiger partial charge in [0.2, 0.25) is 5.95 Å². The number of nitrogens with one attached hydrogen (secondary N) is 1. The molecule has 1 amide bonds. The normalized spacial score (nSPS) is 10.7. The number of carboxylic acid groups (broad SMARTS) is 1. The molecule has 0 radical (unpaired) electrons. The molecule has 1 heterocycles. The van der Waals surface area contributed by atoms with E-state index in [1.54, 1.807) is 30.3 Å². The van der Waals surface area contributed by atoms with E-state index in [9.17, 15) is 14.7 Å². The summed E-state index contributed by atoms with van der Waals surface area (Å²) in [6, 6.07) is 16.3. The van der Waals surface area contributed by atoms with E-state index in [1.165, 1.54) is 18.5 Å². The summed E-state index contributed by atoms with van der Waals surface area (Å²) in [5.74, 6) is -1.12. The first-order chi connectivity index (χ1) is 13.1. The smallest absolute Gasteiger partial charge is 0.335 e. The number of benzene rings is 2. The fourth-order valence-electron chi connectivity index (χ4n) is 2.58. The molecule has 134 valence electrons. The molecule has 0 aliphatic heterocycles. The average Bonchev–Trinajstić information content (AvgIpc) is 2.68. The van der Waals surface area contributed by atoms with Gasteiger partial charge in [0, 0.05) is 18.5 Å². The van der Waals surface area contributed by atoms with Gasteiger partial charge in [-0.05, 0) is 41.3 Å². The van der Waals surface area contributed by atoms with Crippen LogP contribution in [0.25, 0.3) is 6.08 Å². The largest absolute Gasteiger partial charge is 0.478 e. The van der Waals surface area contributed by atoms with Gasteiger partial charge in [-0.25, -0.2) is 14.8 Å². The van der Waals surface area contributed by atoms with Gasteiger partial charge in [-0.2, -0.15) is 0 Å². The van der Waals surface area contributed by atoms with Crippen molar-refractivity contribution < 1.29 is 14.7 Å². The molecule has 0 unspecified atom stereocenters. The first-order valence-corrected chi connectivity index (χ1v) is 8.28. The quantitative estimate of drug-likeness (QED) is 0.658. The molecule has 0 bridgehead atoms. The Bertz CT molecular complexity index is 970. The van der Waals surface area contributed by atoms with Crippen LogP contribution in [0.5, 0.6) is 0 Å². The lowest BCUT2D eigenvalue weighted by molar-refractivity contribution is -0.111. The van der Waals surface area contributed by atoms with E-state index in [0.717, 1.165) is 11.1 Å². The molecule has 0 aliphatic carbocycles. The lowest BCUT2D eigenvalue weighted by Crippen LogP contribution is -2.10. The van der Waals surface area contributed by atoms with Crippen LogP contribution >= 0.6 is 0 Å². The zero-order chi connectivity index (χ0) is 19.1. The van der Waals surface area contributed by atoms with Crippen LogP contribution in [-0.2, 0) is 11.2 Å². The Morgan fingerprint density at radius 2 is 1.74 bits per heavy atom. The van der Waals surface area contributed by atoms with Gasteiger partial charge in [-0.1, -0.05) is 42.5 Å². The van der Waals surface area contributed by atoms with Crippen LogP contribution in [0.4, 0.5) is 5.95 Å². The summed E-state index contributed by atoms with van der Waals surface area (Å²) in [4.78, 5) is 31.3. The number of hydrogen-bond acceptors (Lipinski definition) is 4. The van der Waals surface area contributed by atoms with Crippen LogP contribution in [0, 0.1) is 0 Å². The maximum absolute atomic E-state index is 12.0. The highest BCUT2D eigenvalue weighted by molar-refractivity contribution is 6.01. The molecular formula is C21H17N3O3. The van der Waals surface area contributed by atoms with E-state index in [-0.39, 0.29) is 17.4 Å². The van der Waals surface area contributed by atoms with Gasteiger partial charge in [-0.3, -0.25) is 10.1 Å². The number of carbonyl (C=O) groups is 2. The third kappa shape index (κ3) is 5.09. The van der Waals surface area contributed by atoms with Crippen LogP contribution < -0.4 is 5.32 Å². The molecule has 0 aliphatic rings.